The largest absolute Gasteiger partial charge is 0.325 e. The van der Waals surface area contributed by atoms with Gasteiger partial charge in [0.1, 0.15) is 5.82 Å². The Bertz CT molecular complexity index is 687. The molecule has 1 saturated heterocycles. The number of rotatable bonds is 4. The van der Waals surface area contributed by atoms with Gasteiger partial charge in [0.15, 0.2) is 0 Å². The molecule has 4 heteroatoms. The molecular weight excluding hydrogens is 291 g/mol. The summed E-state index contributed by atoms with van der Waals surface area (Å²) in [6.07, 6.45) is 2.16. The van der Waals surface area contributed by atoms with Crippen LogP contribution in [-0.4, -0.2) is 23.9 Å². The Kier molecular flexibility index (Phi) is 4.72. The maximum absolute atomic E-state index is 13.6. The molecule has 0 aromatic heterocycles. The number of nitrogens with zero attached hydrogens (tertiary/aromatic N) is 1. The number of likely N-dealkylation sites (tertiary alicyclic amines) is 1. The first kappa shape index (κ1) is 15.7. The van der Waals surface area contributed by atoms with Gasteiger partial charge in [0.05, 0.1) is 6.54 Å². The lowest BCUT2D eigenvalue weighted by Gasteiger charge is -2.24. The maximum atomic E-state index is 13.6. The zero-order chi connectivity index (χ0) is 16.2. The van der Waals surface area contributed by atoms with Crippen LogP contribution in [0.25, 0.3) is 0 Å². The van der Waals surface area contributed by atoms with E-state index >= 15 is 0 Å². The lowest BCUT2D eigenvalue weighted by Crippen LogP contribution is -2.32. The van der Waals surface area contributed by atoms with Crippen molar-refractivity contribution in [1.82, 2.24) is 4.90 Å². The number of carbonyl (C=O) groups excluding carboxylic acids is 1. The van der Waals surface area contributed by atoms with E-state index in [9.17, 15) is 9.18 Å². The van der Waals surface area contributed by atoms with E-state index in [0.29, 0.717) is 17.8 Å². The number of carbonyl (C=O) groups is 1. The van der Waals surface area contributed by atoms with Crippen LogP contribution in [0.1, 0.15) is 30.0 Å². The van der Waals surface area contributed by atoms with Crippen molar-refractivity contribution >= 4 is 11.6 Å². The van der Waals surface area contributed by atoms with Crippen molar-refractivity contribution in [3.63, 3.8) is 0 Å². The highest BCUT2D eigenvalue weighted by molar-refractivity contribution is 5.92. The lowest BCUT2D eigenvalue weighted by atomic mass is 10.0. The van der Waals surface area contributed by atoms with Gasteiger partial charge in [-0.2, -0.15) is 0 Å². The van der Waals surface area contributed by atoms with Crippen molar-refractivity contribution in [2.24, 2.45) is 0 Å². The Hall–Kier alpha value is -2.20. The molecule has 1 N–H and O–H groups in total. The van der Waals surface area contributed by atoms with Gasteiger partial charge in [-0.15, -0.1) is 0 Å². The number of amides is 1. The Morgan fingerprint density at radius 2 is 2.04 bits per heavy atom. The molecule has 1 amide bonds. The van der Waals surface area contributed by atoms with Crippen LogP contribution in [-0.2, 0) is 4.79 Å². The molecule has 1 fully saturated rings. The summed E-state index contributed by atoms with van der Waals surface area (Å²) < 4.78 is 13.6. The van der Waals surface area contributed by atoms with E-state index in [0.717, 1.165) is 19.4 Å². The first-order chi connectivity index (χ1) is 11.1. The SMILES string of the molecule is Cc1ccc(NC(=O)CN2CCC[C@H]2c2ccccc2)cc1F. The fraction of sp³-hybridized carbons (Fsp3) is 0.316. The van der Waals surface area contributed by atoms with Crippen LogP contribution in [0.3, 0.4) is 0 Å². The van der Waals surface area contributed by atoms with Crippen molar-refractivity contribution in [2.75, 3.05) is 18.4 Å². The average molecular weight is 312 g/mol. The zero-order valence-electron chi connectivity index (χ0n) is 13.3. The van der Waals surface area contributed by atoms with Crippen molar-refractivity contribution in [3.05, 3.63) is 65.5 Å². The predicted molar refractivity (Wildman–Crippen MR) is 89.8 cm³/mol. The topological polar surface area (TPSA) is 32.3 Å². The van der Waals surface area contributed by atoms with E-state index in [4.69, 9.17) is 0 Å². The van der Waals surface area contributed by atoms with Crippen LogP contribution in [0.4, 0.5) is 10.1 Å². The zero-order valence-corrected chi connectivity index (χ0v) is 13.3. The molecule has 3 nitrogen and oxygen atoms in total. The monoisotopic (exact) mass is 312 g/mol. The minimum Gasteiger partial charge on any atom is -0.325 e. The molecular formula is C19H21FN2O. The molecule has 1 aliphatic heterocycles. The van der Waals surface area contributed by atoms with Gasteiger partial charge in [-0.25, -0.2) is 4.39 Å². The summed E-state index contributed by atoms with van der Waals surface area (Å²) in [6, 6.07) is 15.3. The fourth-order valence-electron chi connectivity index (χ4n) is 3.12. The van der Waals surface area contributed by atoms with Crippen molar-refractivity contribution in [2.45, 2.75) is 25.8 Å². The Labute approximate surface area is 136 Å². The van der Waals surface area contributed by atoms with Gasteiger partial charge in [-0.05, 0) is 49.6 Å². The van der Waals surface area contributed by atoms with Crippen LogP contribution < -0.4 is 5.32 Å². The maximum Gasteiger partial charge on any atom is 0.238 e. The molecule has 0 aliphatic carbocycles. The molecule has 1 aliphatic rings. The minimum atomic E-state index is -0.300. The van der Waals surface area contributed by atoms with E-state index in [2.05, 4.69) is 22.3 Å². The number of hydrogen-bond acceptors (Lipinski definition) is 2. The quantitative estimate of drug-likeness (QED) is 0.928. The van der Waals surface area contributed by atoms with Gasteiger partial charge in [0.25, 0.3) is 0 Å². The molecule has 1 heterocycles. The number of hydrogen-bond donors (Lipinski definition) is 1. The summed E-state index contributed by atoms with van der Waals surface area (Å²) in [5.41, 5.74) is 2.33. The van der Waals surface area contributed by atoms with Crippen LogP contribution in [0, 0.1) is 12.7 Å². The molecule has 0 radical (unpaired) electrons. The van der Waals surface area contributed by atoms with E-state index in [1.54, 1.807) is 19.1 Å². The Morgan fingerprint density at radius 3 is 2.78 bits per heavy atom. The van der Waals surface area contributed by atoms with Crippen LogP contribution in [0.2, 0.25) is 0 Å². The minimum absolute atomic E-state index is 0.101. The summed E-state index contributed by atoms with van der Waals surface area (Å²) in [6.45, 7) is 2.94. The van der Waals surface area contributed by atoms with E-state index < -0.39 is 0 Å². The third-order valence-corrected chi connectivity index (χ3v) is 4.35. The number of aryl methyl sites for hydroxylation is 1. The van der Waals surface area contributed by atoms with Crippen molar-refractivity contribution in [3.8, 4) is 0 Å². The average Bonchev–Trinajstić information content (AvgIpc) is 3.00. The summed E-state index contributed by atoms with van der Waals surface area (Å²) in [4.78, 5) is 14.5. The molecule has 120 valence electrons. The van der Waals surface area contributed by atoms with Crippen molar-refractivity contribution < 1.29 is 9.18 Å². The highest BCUT2D eigenvalue weighted by atomic mass is 19.1. The molecule has 2 aromatic rings. The molecule has 23 heavy (non-hydrogen) atoms. The standard InChI is InChI=1S/C19H21FN2O/c1-14-9-10-16(12-17(14)20)21-19(23)13-22-11-5-8-18(22)15-6-3-2-4-7-15/h2-4,6-7,9-10,12,18H,5,8,11,13H2,1H3,(H,21,23)/t18-/m0/s1. The number of nitrogens with one attached hydrogen (secondary N) is 1. The Balaban J connectivity index is 1.64. The van der Waals surface area contributed by atoms with E-state index in [1.165, 1.54) is 11.6 Å². The second kappa shape index (κ2) is 6.92. The van der Waals surface area contributed by atoms with Crippen LogP contribution >= 0.6 is 0 Å². The fourth-order valence-corrected chi connectivity index (χ4v) is 3.12. The van der Waals surface area contributed by atoms with Crippen LogP contribution in [0.5, 0.6) is 0 Å². The van der Waals surface area contributed by atoms with E-state index in [1.807, 2.05) is 18.2 Å². The third-order valence-electron chi connectivity index (χ3n) is 4.35. The molecule has 2 aromatic carbocycles. The van der Waals surface area contributed by atoms with Crippen LogP contribution in [0.15, 0.2) is 48.5 Å². The highest BCUT2D eigenvalue weighted by Crippen LogP contribution is 2.31. The summed E-state index contributed by atoms with van der Waals surface area (Å²) in [5, 5.41) is 2.79. The molecule has 0 saturated carbocycles. The van der Waals surface area contributed by atoms with Gasteiger partial charge in [0.2, 0.25) is 5.91 Å². The van der Waals surface area contributed by atoms with Gasteiger partial charge in [-0.1, -0.05) is 36.4 Å². The predicted octanol–water partition coefficient (Wildman–Crippen LogP) is 3.91. The molecule has 0 bridgehead atoms. The van der Waals surface area contributed by atoms with Gasteiger partial charge < -0.3 is 5.32 Å². The van der Waals surface area contributed by atoms with Gasteiger partial charge >= 0.3 is 0 Å². The first-order valence-electron chi connectivity index (χ1n) is 7.98. The lowest BCUT2D eigenvalue weighted by molar-refractivity contribution is -0.117. The highest BCUT2D eigenvalue weighted by Gasteiger charge is 2.27. The molecule has 0 spiro atoms. The number of anilines is 1. The second-order valence-electron chi connectivity index (χ2n) is 6.05. The normalized spacial score (nSPS) is 18.1. The molecule has 0 unspecified atom stereocenters. The van der Waals surface area contributed by atoms with Gasteiger partial charge in [0, 0.05) is 11.7 Å². The van der Waals surface area contributed by atoms with E-state index in [-0.39, 0.29) is 17.8 Å². The third kappa shape index (κ3) is 3.77. The molecule has 1 atom stereocenters. The first-order valence-corrected chi connectivity index (χ1v) is 7.98. The van der Waals surface area contributed by atoms with Crippen molar-refractivity contribution in [1.29, 1.82) is 0 Å². The molecule has 3 rings (SSSR count). The summed E-state index contributed by atoms with van der Waals surface area (Å²) in [7, 11) is 0. The smallest absolute Gasteiger partial charge is 0.238 e. The summed E-state index contributed by atoms with van der Waals surface area (Å²) >= 11 is 0. The second-order valence-corrected chi connectivity index (χ2v) is 6.05. The Morgan fingerprint density at radius 1 is 1.26 bits per heavy atom. The van der Waals surface area contributed by atoms with Gasteiger partial charge in [-0.3, -0.25) is 9.69 Å². The number of benzene rings is 2. The summed E-state index contributed by atoms with van der Waals surface area (Å²) in [5.74, 6) is -0.401. The number of halogens is 1.